The quantitative estimate of drug-likeness (QED) is 0.660. The molecule has 1 saturated heterocycles. The van der Waals surface area contributed by atoms with E-state index in [0.717, 1.165) is 16.7 Å². The maximum absolute atomic E-state index is 13.3. The van der Waals surface area contributed by atoms with Crippen molar-refractivity contribution in [3.8, 4) is 11.1 Å². The summed E-state index contributed by atoms with van der Waals surface area (Å²) in [6.07, 6.45) is 6.40. The van der Waals surface area contributed by atoms with Crippen LogP contribution >= 0.6 is 0 Å². The number of carbonyl (C=O) groups is 2. The zero-order chi connectivity index (χ0) is 22.4. The van der Waals surface area contributed by atoms with Gasteiger partial charge in [-0.2, -0.15) is 0 Å². The lowest BCUT2D eigenvalue weighted by atomic mass is 9.91. The van der Waals surface area contributed by atoms with Gasteiger partial charge in [0.1, 0.15) is 0 Å². The van der Waals surface area contributed by atoms with Crippen molar-refractivity contribution in [2.75, 3.05) is 26.2 Å². The number of rotatable bonds is 6. The van der Waals surface area contributed by atoms with Crippen LogP contribution in [0.25, 0.3) is 11.1 Å². The molecule has 0 unspecified atom stereocenters. The largest absolute Gasteiger partial charge is 0.340 e. The molecule has 164 valence electrons. The summed E-state index contributed by atoms with van der Waals surface area (Å²) in [5.41, 5.74) is 3.21. The monoisotopic (exact) mass is 419 g/mol. The summed E-state index contributed by atoms with van der Waals surface area (Å²) in [6.45, 7) is 12.1. The molecule has 5 heteroatoms. The molecule has 1 aliphatic rings. The molecule has 3 rings (SSSR count). The van der Waals surface area contributed by atoms with E-state index in [1.54, 1.807) is 18.5 Å². The van der Waals surface area contributed by atoms with E-state index >= 15 is 0 Å². The number of benzene rings is 1. The minimum atomic E-state index is -0.265. The molecule has 5 nitrogen and oxygen atoms in total. The maximum Gasteiger partial charge on any atom is 0.228 e. The number of amides is 2. The first-order valence-corrected chi connectivity index (χ1v) is 10.9. The van der Waals surface area contributed by atoms with Gasteiger partial charge in [-0.05, 0) is 40.7 Å². The second-order valence-corrected chi connectivity index (χ2v) is 9.49. The Labute approximate surface area is 185 Å². The van der Waals surface area contributed by atoms with Crippen LogP contribution in [0.1, 0.15) is 32.8 Å². The molecule has 0 bridgehead atoms. The molecule has 1 fully saturated rings. The Morgan fingerprint density at radius 3 is 2.58 bits per heavy atom. The van der Waals surface area contributed by atoms with Gasteiger partial charge < -0.3 is 9.80 Å². The number of pyridine rings is 1. The van der Waals surface area contributed by atoms with Crippen molar-refractivity contribution in [3.05, 3.63) is 67.0 Å². The second-order valence-electron chi connectivity index (χ2n) is 9.49. The Hall–Kier alpha value is -2.95. The van der Waals surface area contributed by atoms with Crippen molar-refractivity contribution in [1.82, 2.24) is 14.8 Å². The van der Waals surface area contributed by atoms with Gasteiger partial charge in [0.2, 0.25) is 11.8 Å². The lowest BCUT2D eigenvalue weighted by Crippen LogP contribution is -2.38. The van der Waals surface area contributed by atoms with E-state index in [2.05, 4.69) is 50.5 Å². The number of hydrogen-bond acceptors (Lipinski definition) is 3. The van der Waals surface area contributed by atoms with Gasteiger partial charge in [0.05, 0.1) is 5.92 Å². The first-order valence-electron chi connectivity index (χ1n) is 10.9. The molecule has 0 radical (unpaired) electrons. The number of hydrogen-bond donors (Lipinski definition) is 0. The van der Waals surface area contributed by atoms with Crippen molar-refractivity contribution >= 4 is 11.8 Å². The van der Waals surface area contributed by atoms with Crippen molar-refractivity contribution in [3.63, 3.8) is 0 Å². The van der Waals surface area contributed by atoms with Crippen molar-refractivity contribution in [1.29, 1.82) is 0 Å². The second kappa shape index (κ2) is 9.90. The van der Waals surface area contributed by atoms with Crippen LogP contribution in [-0.2, 0) is 16.0 Å². The molecule has 0 saturated carbocycles. The highest BCUT2D eigenvalue weighted by Crippen LogP contribution is 2.25. The predicted octanol–water partition coefficient (Wildman–Crippen LogP) is 4.20. The van der Waals surface area contributed by atoms with E-state index in [9.17, 15) is 9.59 Å². The van der Waals surface area contributed by atoms with Gasteiger partial charge >= 0.3 is 0 Å². The van der Waals surface area contributed by atoms with Crippen LogP contribution in [0.2, 0.25) is 0 Å². The third kappa shape index (κ3) is 6.27. The van der Waals surface area contributed by atoms with E-state index in [-0.39, 0.29) is 23.1 Å². The summed E-state index contributed by atoms with van der Waals surface area (Å²) in [5, 5.41) is 0. The van der Waals surface area contributed by atoms with Crippen LogP contribution in [0.4, 0.5) is 0 Å². The molecule has 2 aromatic rings. The molecular weight excluding hydrogens is 386 g/mol. The molecule has 0 aliphatic carbocycles. The number of carbonyl (C=O) groups excluding carboxylic acids is 2. The summed E-state index contributed by atoms with van der Waals surface area (Å²) in [7, 11) is 0. The highest BCUT2D eigenvalue weighted by molar-refractivity contribution is 5.82. The predicted molar refractivity (Wildman–Crippen MR) is 124 cm³/mol. The summed E-state index contributed by atoms with van der Waals surface area (Å²) in [5.74, 6) is -0.0457. The third-order valence-electron chi connectivity index (χ3n) is 5.55. The molecule has 1 aromatic carbocycles. The highest BCUT2D eigenvalue weighted by atomic mass is 16.2. The van der Waals surface area contributed by atoms with Gasteiger partial charge in [-0.15, -0.1) is 6.58 Å². The fourth-order valence-electron chi connectivity index (χ4n) is 4.03. The van der Waals surface area contributed by atoms with Gasteiger partial charge in [-0.1, -0.05) is 51.1 Å². The van der Waals surface area contributed by atoms with Crippen LogP contribution in [0.15, 0.2) is 61.4 Å². The Kier molecular flexibility index (Phi) is 7.26. The Morgan fingerprint density at radius 2 is 1.90 bits per heavy atom. The van der Waals surface area contributed by atoms with Gasteiger partial charge in [0.25, 0.3) is 0 Å². The molecular formula is C26H33N3O2. The number of aromatic nitrogens is 1. The van der Waals surface area contributed by atoms with Gasteiger partial charge in [-0.3, -0.25) is 14.6 Å². The average Bonchev–Trinajstić information content (AvgIpc) is 2.88. The van der Waals surface area contributed by atoms with Crippen molar-refractivity contribution < 1.29 is 9.59 Å². The Bertz CT molecular complexity index is 918. The minimum Gasteiger partial charge on any atom is -0.340 e. The third-order valence-corrected chi connectivity index (χ3v) is 5.55. The van der Waals surface area contributed by atoms with Crippen LogP contribution in [0.3, 0.4) is 0 Å². The Morgan fingerprint density at radius 1 is 1.16 bits per heavy atom. The summed E-state index contributed by atoms with van der Waals surface area (Å²) in [6, 6.07) is 12.2. The van der Waals surface area contributed by atoms with Crippen LogP contribution in [0.5, 0.6) is 0 Å². The molecule has 1 aromatic heterocycles. The first kappa shape index (κ1) is 22.7. The molecule has 31 heavy (non-hydrogen) atoms. The summed E-state index contributed by atoms with van der Waals surface area (Å²) in [4.78, 5) is 34.0. The SMILES string of the molecule is C=CCN1CCN(C(=O)CC(C)(C)C)C[C@H](Cc2cccc(-c3ccncc3)c2)C1=O. The number of nitrogens with zero attached hydrogens (tertiary/aromatic N) is 3. The standard InChI is InChI=1S/C26H33N3O2/c1-5-13-28-14-15-29(24(30)18-26(2,3)4)19-23(25(28)31)17-20-7-6-8-22(16-20)21-9-11-27-12-10-21/h5-12,16,23H,1,13-15,17-19H2,2-4H3/t23-/m0/s1. The van der Waals surface area contributed by atoms with Crippen molar-refractivity contribution in [2.45, 2.75) is 33.6 Å². The topological polar surface area (TPSA) is 53.5 Å². The van der Waals surface area contributed by atoms with E-state index in [1.807, 2.05) is 28.0 Å². The summed E-state index contributed by atoms with van der Waals surface area (Å²) < 4.78 is 0. The highest BCUT2D eigenvalue weighted by Gasteiger charge is 2.33. The molecule has 2 heterocycles. The summed E-state index contributed by atoms with van der Waals surface area (Å²) >= 11 is 0. The van der Waals surface area contributed by atoms with E-state index < -0.39 is 0 Å². The average molecular weight is 420 g/mol. The van der Waals surface area contributed by atoms with E-state index in [4.69, 9.17) is 0 Å². The van der Waals surface area contributed by atoms with Gasteiger partial charge in [0, 0.05) is 45.0 Å². The van der Waals surface area contributed by atoms with Crippen molar-refractivity contribution in [2.24, 2.45) is 11.3 Å². The zero-order valence-electron chi connectivity index (χ0n) is 18.9. The van der Waals surface area contributed by atoms with Crippen LogP contribution in [-0.4, -0.2) is 52.8 Å². The van der Waals surface area contributed by atoms with E-state index in [1.165, 1.54) is 0 Å². The lowest BCUT2D eigenvalue weighted by Gasteiger charge is -2.27. The molecule has 0 N–H and O–H groups in total. The maximum atomic E-state index is 13.3. The molecule has 1 atom stereocenters. The zero-order valence-corrected chi connectivity index (χ0v) is 18.9. The fraction of sp³-hybridized carbons (Fsp3) is 0.423. The minimum absolute atomic E-state index is 0.0808. The molecule has 0 spiro atoms. The Balaban J connectivity index is 1.83. The van der Waals surface area contributed by atoms with E-state index in [0.29, 0.717) is 39.0 Å². The molecule has 2 amide bonds. The van der Waals surface area contributed by atoms with Gasteiger partial charge in [0.15, 0.2) is 0 Å². The fourth-order valence-corrected chi connectivity index (χ4v) is 4.03. The lowest BCUT2D eigenvalue weighted by molar-refractivity contribution is -0.135. The van der Waals surface area contributed by atoms with Crippen LogP contribution < -0.4 is 0 Å². The normalized spacial score (nSPS) is 17.4. The smallest absolute Gasteiger partial charge is 0.228 e. The van der Waals surface area contributed by atoms with Gasteiger partial charge in [-0.25, -0.2) is 0 Å². The van der Waals surface area contributed by atoms with Crippen LogP contribution in [0, 0.1) is 11.3 Å². The molecule has 1 aliphatic heterocycles. The first-order chi connectivity index (χ1) is 14.8.